The molecule has 7 nitrogen and oxygen atoms in total. The third-order valence-electron chi connectivity index (χ3n) is 6.21. The van der Waals surface area contributed by atoms with Gasteiger partial charge >= 0.3 is 5.97 Å². The lowest BCUT2D eigenvalue weighted by molar-refractivity contribution is 0.0532. The first-order chi connectivity index (χ1) is 18.9. The minimum Gasteiger partial charge on any atom is -0.506 e. The molecule has 0 aliphatic carbocycles. The first kappa shape index (κ1) is 25.4. The highest BCUT2D eigenvalue weighted by atomic mass is 32.2. The lowest BCUT2D eigenvalue weighted by Crippen LogP contribution is -2.08. The van der Waals surface area contributed by atoms with Crippen LogP contribution in [-0.2, 0) is 4.74 Å². The molecule has 4 aromatic heterocycles. The van der Waals surface area contributed by atoms with E-state index in [-0.39, 0.29) is 23.8 Å². The molecule has 0 fully saturated rings. The number of ether oxygens (including phenoxy) is 1. The van der Waals surface area contributed by atoms with Crippen molar-refractivity contribution in [2.45, 2.75) is 6.92 Å². The van der Waals surface area contributed by atoms with Crippen molar-refractivity contribution in [1.82, 2.24) is 9.55 Å². The lowest BCUT2D eigenvalue weighted by atomic mass is 10.0. The third-order valence-corrected chi connectivity index (χ3v) is 9.86. The van der Waals surface area contributed by atoms with Gasteiger partial charge in [-0.15, -0.1) is 34.0 Å². The number of aromatic hydroxyl groups is 1. The molecule has 194 valence electrons. The number of carbonyl (C=O) groups excluding carboxylic acids is 2. The van der Waals surface area contributed by atoms with Crippen LogP contribution in [0, 0.1) is 3.95 Å². The van der Waals surface area contributed by atoms with Gasteiger partial charge in [0.05, 0.1) is 33.1 Å². The molecule has 0 bridgehead atoms. The number of hydrogen-bond acceptors (Lipinski definition) is 10. The van der Waals surface area contributed by atoms with Crippen LogP contribution in [0.3, 0.4) is 0 Å². The lowest BCUT2D eigenvalue weighted by Gasteiger charge is -2.11. The van der Waals surface area contributed by atoms with E-state index in [4.69, 9.17) is 22.7 Å². The van der Waals surface area contributed by atoms with Crippen LogP contribution >= 0.6 is 46.2 Å². The van der Waals surface area contributed by atoms with E-state index in [1.807, 2.05) is 40.3 Å². The number of hydrogen-bond donors (Lipinski definition) is 2. The molecule has 0 atom stereocenters. The number of ketones is 1. The van der Waals surface area contributed by atoms with Crippen LogP contribution in [0.25, 0.3) is 37.2 Å². The van der Waals surface area contributed by atoms with Gasteiger partial charge in [0.15, 0.2) is 3.95 Å². The van der Waals surface area contributed by atoms with Crippen molar-refractivity contribution in [1.29, 1.82) is 0 Å². The Morgan fingerprint density at radius 3 is 2.62 bits per heavy atom. The topological polar surface area (TPSA) is 107 Å². The zero-order valence-electron chi connectivity index (χ0n) is 20.3. The SMILES string of the molecule is CCOC(=O)c1sc2sc(C(=O)c3ccc(O)c4ncccc34)c(N)c2c1-n1c(-c2ccccc2)csc1=S. The zero-order valence-corrected chi connectivity index (χ0v) is 23.6. The molecule has 6 aromatic rings. The number of thiazole rings is 1. The summed E-state index contributed by atoms with van der Waals surface area (Å²) in [4.78, 5) is 31.9. The molecule has 0 radical (unpaired) electrons. The highest BCUT2D eigenvalue weighted by Gasteiger charge is 2.30. The van der Waals surface area contributed by atoms with E-state index in [0.29, 0.717) is 45.3 Å². The van der Waals surface area contributed by atoms with Gasteiger partial charge in [0.2, 0.25) is 5.78 Å². The number of nitrogens with zero attached hydrogens (tertiary/aromatic N) is 2. The van der Waals surface area contributed by atoms with Crippen molar-refractivity contribution < 1.29 is 19.4 Å². The molecule has 0 unspecified atom stereocenters. The molecule has 0 aliphatic heterocycles. The van der Waals surface area contributed by atoms with Gasteiger partial charge in [0, 0.05) is 22.5 Å². The van der Waals surface area contributed by atoms with E-state index in [2.05, 4.69) is 4.98 Å². The number of thiophene rings is 2. The van der Waals surface area contributed by atoms with Gasteiger partial charge in [0.25, 0.3) is 0 Å². The Morgan fingerprint density at radius 2 is 1.85 bits per heavy atom. The van der Waals surface area contributed by atoms with Crippen LogP contribution in [0.1, 0.15) is 31.8 Å². The molecule has 39 heavy (non-hydrogen) atoms. The van der Waals surface area contributed by atoms with Crippen molar-refractivity contribution in [2.75, 3.05) is 12.3 Å². The van der Waals surface area contributed by atoms with E-state index in [9.17, 15) is 14.7 Å². The normalized spacial score (nSPS) is 11.3. The van der Waals surface area contributed by atoms with Crippen molar-refractivity contribution in [3.05, 3.63) is 85.4 Å². The summed E-state index contributed by atoms with van der Waals surface area (Å²) in [5.41, 5.74) is 9.94. The van der Waals surface area contributed by atoms with Crippen LogP contribution in [0.2, 0.25) is 0 Å². The third kappa shape index (κ3) is 4.14. The molecule has 0 saturated carbocycles. The van der Waals surface area contributed by atoms with Crippen LogP contribution in [0.5, 0.6) is 5.75 Å². The summed E-state index contributed by atoms with van der Waals surface area (Å²) in [7, 11) is 0. The number of fused-ring (bicyclic) bond motifs is 2. The summed E-state index contributed by atoms with van der Waals surface area (Å²) < 4.78 is 8.48. The minimum atomic E-state index is -0.476. The fourth-order valence-electron chi connectivity index (χ4n) is 4.50. The molecule has 3 N–H and O–H groups in total. The number of aromatic nitrogens is 2. The molecule has 4 heterocycles. The predicted octanol–water partition coefficient (Wildman–Crippen LogP) is 7.46. The van der Waals surface area contributed by atoms with Gasteiger partial charge in [0.1, 0.15) is 21.0 Å². The monoisotopic (exact) mass is 589 g/mol. The number of nitrogens with two attached hydrogens (primary N) is 1. The van der Waals surface area contributed by atoms with E-state index in [0.717, 1.165) is 11.3 Å². The smallest absolute Gasteiger partial charge is 0.350 e. The second-order valence-corrected chi connectivity index (χ2v) is 12.3. The highest BCUT2D eigenvalue weighted by molar-refractivity contribution is 7.73. The van der Waals surface area contributed by atoms with Crippen LogP contribution < -0.4 is 5.73 Å². The van der Waals surface area contributed by atoms with Gasteiger partial charge in [-0.2, -0.15) is 0 Å². The highest BCUT2D eigenvalue weighted by Crippen LogP contribution is 2.47. The molecule has 11 heteroatoms. The number of esters is 1. The Balaban J connectivity index is 1.60. The number of nitrogen functional groups attached to an aromatic ring is 1. The maximum Gasteiger partial charge on any atom is 0.350 e. The number of phenols is 1. The van der Waals surface area contributed by atoms with Crippen LogP contribution in [0.4, 0.5) is 5.69 Å². The molecule has 6 rings (SSSR count). The van der Waals surface area contributed by atoms with E-state index in [1.165, 1.54) is 40.1 Å². The Bertz CT molecular complexity index is 1970. The molecular weight excluding hydrogens is 571 g/mol. The molecule has 0 amide bonds. The molecule has 2 aromatic carbocycles. The van der Waals surface area contributed by atoms with Gasteiger partial charge in [-0.25, -0.2) is 4.79 Å². The average molecular weight is 590 g/mol. The van der Waals surface area contributed by atoms with Crippen molar-refractivity contribution in [3.63, 3.8) is 0 Å². The Labute approximate surface area is 239 Å². The number of carbonyl (C=O) groups is 2. The first-order valence-corrected chi connectivity index (χ1v) is 14.7. The zero-order chi connectivity index (χ0) is 27.3. The maximum absolute atomic E-state index is 13.8. The van der Waals surface area contributed by atoms with E-state index < -0.39 is 5.97 Å². The second kappa shape index (κ2) is 10.0. The summed E-state index contributed by atoms with van der Waals surface area (Å²) in [6.07, 6.45) is 1.56. The summed E-state index contributed by atoms with van der Waals surface area (Å²) in [5.74, 6) is -0.778. The number of benzene rings is 2. The first-order valence-electron chi connectivity index (χ1n) is 11.8. The Kier molecular flexibility index (Phi) is 6.51. The summed E-state index contributed by atoms with van der Waals surface area (Å²) >= 11 is 9.57. The Hall–Kier alpha value is -3.90. The summed E-state index contributed by atoms with van der Waals surface area (Å²) in [5, 5.41) is 13.3. The molecule has 0 saturated heterocycles. The molecular formula is C28H19N3O4S4. The van der Waals surface area contributed by atoms with E-state index >= 15 is 0 Å². The van der Waals surface area contributed by atoms with E-state index in [1.54, 1.807) is 31.3 Å². The number of pyridine rings is 1. The number of anilines is 1. The standard InChI is InChI=1S/C28H19N3O4S4/c1-2-35-26(34)25-22(31-17(13-37-28(31)36)14-7-4-3-5-8-14)19-20(29)24(38-27(19)39-25)23(33)16-10-11-18(32)21-15(16)9-6-12-30-21/h3-13,32H,2,29H2,1H3. The summed E-state index contributed by atoms with van der Waals surface area (Å²) in [6.45, 7) is 1.96. The van der Waals surface area contributed by atoms with Crippen molar-refractivity contribution in [3.8, 4) is 22.7 Å². The van der Waals surface area contributed by atoms with Gasteiger partial charge < -0.3 is 15.6 Å². The van der Waals surface area contributed by atoms with Gasteiger partial charge in [-0.05, 0) is 42.9 Å². The minimum absolute atomic E-state index is 0.0103. The molecule has 0 spiro atoms. The number of phenolic OH excluding ortho intramolecular Hbond substituents is 1. The van der Waals surface area contributed by atoms with Gasteiger partial charge in [-0.1, -0.05) is 36.4 Å². The van der Waals surface area contributed by atoms with Crippen molar-refractivity contribution >= 4 is 84.0 Å². The van der Waals surface area contributed by atoms with Crippen LogP contribution in [0.15, 0.2) is 66.2 Å². The largest absolute Gasteiger partial charge is 0.506 e. The van der Waals surface area contributed by atoms with Gasteiger partial charge in [-0.3, -0.25) is 14.3 Å². The Morgan fingerprint density at radius 1 is 1.08 bits per heavy atom. The van der Waals surface area contributed by atoms with Crippen LogP contribution in [-0.4, -0.2) is 33.0 Å². The number of rotatable bonds is 6. The summed E-state index contributed by atoms with van der Waals surface area (Å²) in [6, 6.07) is 16.2. The predicted molar refractivity (Wildman–Crippen MR) is 160 cm³/mol. The fourth-order valence-corrected chi connectivity index (χ4v) is 8.08. The van der Waals surface area contributed by atoms with Crippen molar-refractivity contribution in [2.24, 2.45) is 0 Å². The molecule has 0 aliphatic rings. The second-order valence-electron chi connectivity index (χ2n) is 8.46. The quantitative estimate of drug-likeness (QED) is 0.118. The fraction of sp³-hybridized carbons (Fsp3) is 0.0714. The average Bonchev–Trinajstić information content (AvgIpc) is 3.61. The maximum atomic E-state index is 13.8.